The van der Waals surface area contributed by atoms with Gasteiger partial charge in [0.15, 0.2) is 11.6 Å². The van der Waals surface area contributed by atoms with E-state index in [2.05, 4.69) is 21.2 Å². The molecule has 2 nitrogen and oxygen atoms in total. The molecule has 2 aromatic carbocycles. The Kier molecular flexibility index (Phi) is 5.31. The Balaban J connectivity index is 2.23. The molecule has 0 bridgehead atoms. The molecule has 0 heterocycles. The molecular formula is C16H16BrF2NO. The molecule has 0 aliphatic rings. The molecule has 1 unspecified atom stereocenters. The molecule has 5 heteroatoms. The minimum atomic E-state index is -0.867. The van der Waals surface area contributed by atoms with Crippen LogP contribution in [0.4, 0.5) is 8.78 Å². The van der Waals surface area contributed by atoms with E-state index in [-0.39, 0.29) is 18.2 Å². The van der Waals surface area contributed by atoms with Crippen LogP contribution in [0.5, 0.6) is 5.75 Å². The second-order valence-electron chi connectivity index (χ2n) is 4.69. The first-order chi connectivity index (χ1) is 10.0. The maximum atomic E-state index is 13.6. The SMILES string of the molecule is CNC(C)c1ccc(Br)cc1OCc1cccc(F)c1F. The van der Waals surface area contributed by atoms with Gasteiger partial charge in [0.2, 0.25) is 0 Å². The van der Waals surface area contributed by atoms with Crippen LogP contribution < -0.4 is 10.1 Å². The number of halogens is 3. The lowest BCUT2D eigenvalue weighted by Gasteiger charge is -2.17. The number of hydrogen-bond acceptors (Lipinski definition) is 2. The summed E-state index contributed by atoms with van der Waals surface area (Å²) >= 11 is 3.39. The van der Waals surface area contributed by atoms with Crippen LogP contribution in [0.3, 0.4) is 0 Å². The normalized spacial score (nSPS) is 12.2. The third-order valence-corrected chi connectivity index (χ3v) is 3.78. The molecule has 0 aromatic heterocycles. The van der Waals surface area contributed by atoms with Crippen molar-refractivity contribution in [3.05, 3.63) is 63.6 Å². The van der Waals surface area contributed by atoms with Gasteiger partial charge in [-0.05, 0) is 32.2 Å². The molecule has 1 N–H and O–H groups in total. The van der Waals surface area contributed by atoms with Crippen LogP contribution in [0.25, 0.3) is 0 Å². The monoisotopic (exact) mass is 355 g/mol. The van der Waals surface area contributed by atoms with Gasteiger partial charge in [0.25, 0.3) is 0 Å². The molecule has 0 amide bonds. The number of hydrogen-bond donors (Lipinski definition) is 1. The fourth-order valence-corrected chi connectivity index (χ4v) is 2.30. The summed E-state index contributed by atoms with van der Waals surface area (Å²) in [6.45, 7) is 1.97. The average Bonchev–Trinajstić information content (AvgIpc) is 2.48. The summed E-state index contributed by atoms with van der Waals surface area (Å²) in [5.41, 5.74) is 1.15. The Morgan fingerprint density at radius 2 is 2.00 bits per heavy atom. The maximum absolute atomic E-state index is 13.6. The van der Waals surface area contributed by atoms with Crippen molar-refractivity contribution < 1.29 is 13.5 Å². The lowest BCUT2D eigenvalue weighted by atomic mass is 10.1. The van der Waals surface area contributed by atoms with Crippen molar-refractivity contribution in [2.45, 2.75) is 19.6 Å². The first kappa shape index (κ1) is 15.9. The summed E-state index contributed by atoms with van der Waals surface area (Å²) in [6, 6.07) is 9.83. The molecule has 0 saturated heterocycles. The predicted molar refractivity (Wildman–Crippen MR) is 82.3 cm³/mol. The second-order valence-corrected chi connectivity index (χ2v) is 5.61. The van der Waals surface area contributed by atoms with Gasteiger partial charge in [-0.25, -0.2) is 8.78 Å². The first-order valence-electron chi connectivity index (χ1n) is 6.55. The lowest BCUT2D eigenvalue weighted by Crippen LogP contribution is -2.14. The van der Waals surface area contributed by atoms with Crippen molar-refractivity contribution >= 4 is 15.9 Å². The zero-order chi connectivity index (χ0) is 15.4. The van der Waals surface area contributed by atoms with Crippen LogP contribution in [-0.4, -0.2) is 7.05 Å². The molecule has 0 fully saturated rings. The van der Waals surface area contributed by atoms with E-state index < -0.39 is 11.6 Å². The van der Waals surface area contributed by atoms with Gasteiger partial charge in [0.1, 0.15) is 12.4 Å². The van der Waals surface area contributed by atoms with Crippen LogP contribution >= 0.6 is 15.9 Å². The van der Waals surface area contributed by atoms with Crippen molar-refractivity contribution in [3.8, 4) is 5.75 Å². The highest BCUT2D eigenvalue weighted by Gasteiger charge is 2.13. The van der Waals surface area contributed by atoms with Gasteiger partial charge >= 0.3 is 0 Å². The summed E-state index contributed by atoms with van der Waals surface area (Å²) in [5.74, 6) is -1.10. The third-order valence-electron chi connectivity index (χ3n) is 3.29. The van der Waals surface area contributed by atoms with Crippen LogP contribution in [-0.2, 0) is 6.61 Å². The fourth-order valence-electron chi connectivity index (χ4n) is 1.96. The molecular weight excluding hydrogens is 340 g/mol. The summed E-state index contributed by atoms with van der Waals surface area (Å²) in [5, 5.41) is 3.13. The first-order valence-corrected chi connectivity index (χ1v) is 7.34. The van der Waals surface area contributed by atoms with Crippen LogP contribution in [0, 0.1) is 11.6 Å². The zero-order valence-electron chi connectivity index (χ0n) is 11.8. The zero-order valence-corrected chi connectivity index (χ0v) is 13.4. The van der Waals surface area contributed by atoms with E-state index in [4.69, 9.17) is 4.74 Å². The number of rotatable bonds is 5. The Hall–Kier alpha value is -1.46. The second kappa shape index (κ2) is 7.00. The highest BCUT2D eigenvalue weighted by atomic mass is 79.9. The molecule has 0 saturated carbocycles. The lowest BCUT2D eigenvalue weighted by molar-refractivity contribution is 0.291. The van der Waals surface area contributed by atoms with Gasteiger partial charge in [-0.1, -0.05) is 34.1 Å². The highest BCUT2D eigenvalue weighted by molar-refractivity contribution is 9.10. The minimum absolute atomic E-state index is 0.0243. The Morgan fingerprint density at radius 1 is 1.24 bits per heavy atom. The Labute approximate surface area is 131 Å². The van der Waals surface area contributed by atoms with Gasteiger partial charge in [0, 0.05) is 21.6 Å². The summed E-state index contributed by atoms with van der Waals surface area (Å²) in [7, 11) is 1.85. The summed E-state index contributed by atoms with van der Waals surface area (Å²) in [6.07, 6.45) is 0. The van der Waals surface area contributed by atoms with Gasteiger partial charge in [-0.15, -0.1) is 0 Å². The van der Waals surface area contributed by atoms with E-state index in [9.17, 15) is 8.78 Å². The van der Waals surface area contributed by atoms with Crippen LogP contribution in [0.2, 0.25) is 0 Å². The molecule has 21 heavy (non-hydrogen) atoms. The van der Waals surface area contributed by atoms with Crippen LogP contribution in [0.1, 0.15) is 24.1 Å². The fraction of sp³-hybridized carbons (Fsp3) is 0.250. The summed E-state index contributed by atoms with van der Waals surface area (Å²) < 4.78 is 33.4. The van der Waals surface area contributed by atoms with Gasteiger partial charge in [0.05, 0.1) is 0 Å². The molecule has 0 aliphatic heterocycles. The van der Waals surface area contributed by atoms with Gasteiger partial charge < -0.3 is 10.1 Å². The number of ether oxygens (including phenoxy) is 1. The predicted octanol–water partition coefficient (Wildman–Crippen LogP) is 4.59. The van der Waals surface area contributed by atoms with Crippen molar-refractivity contribution in [1.29, 1.82) is 0 Å². The largest absolute Gasteiger partial charge is 0.488 e. The smallest absolute Gasteiger partial charge is 0.165 e. The molecule has 0 radical (unpaired) electrons. The van der Waals surface area contributed by atoms with Crippen molar-refractivity contribution in [3.63, 3.8) is 0 Å². The van der Waals surface area contributed by atoms with Gasteiger partial charge in [-0.3, -0.25) is 0 Å². The quantitative estimate of drug-likeness (QED) is 0.846. The molecule has 1 atom stereocenters. The average molecular weight is 356 g/mol. The van der Waals surface area contributed by atoms with E-state index >= 15 is 0 Å². The highest BCUT2D eigenvalue weighted by Crippen LogP contribution is 2.29. The third kappa shape index (κ3) is 3.80. The summed E-state index contributed by atoms with van der Waals surface area (Å²) in [4.78, 5) is 0. The van der Waals surface area contributed by atoms with E-state index in [1.54, 1.807) is 0 Å². The minimum Gasteiger partial charge on any atom is -0.488 e. The van der Waals surface area contributed by atoms with Crippen molar-refractivity contribution in [2.24, 2.45) is 0 Å². The number of nitrogens with one attached hydrogen (secondary N) is 1. The topological polar surface area (TPSA) is 21.3 Å². The van der Waals surface area contributed by atoms with Crippen molar-refractivity contribution in [1.82, 2.24) is 5.32 Å². The molecule has 2 aromatic rings. The van der Waals surface area contributed by atoms with Crippen LogP contribution in [0.15, 0.2) is 40.9 Å². The van der Waals surface area contributed by atoms with E-state index in [0.29, 0.717) is 5.75 Å². The van der Waals surface area contributed by atoms with Gasteiger partial charge in [-0.2, -0.15) is 0 Å². The molecule has 112 valence electrons. The Morgan fingerprint density at radius 3 is 2.71 bits per heavy atom. The van der Waals surface area contributed by atoms with Crippen molar-refractivity contribution in [2.75, 3.05) is 7.05 Å². The molecule has 0 aliphatic carbocycles. The Bertz CT molecular complexity index is 634. The number of benzene rings is 2. The van der Waals surface area contributed by atoms with E-state index in [1.807, 2.05) is 32.2 Å². The molecule has 2 rings (SSSR count). The molecule has 0 spiro atoms. The maximum Gasteiger partial charge on any atom is 0.165 e. The van der Waals surface area contributed by atoms with E-state index in [1.165, 1.54) is 12.1 Å². The standard InChI is InChI=1S/C16H16BrF2NO/c1-10(20-2)13-7-6-12(17)8-15(13)21-9-11-4-3-5-14(18)16(11)19/h3-8,10,20H,9H2,1-2H3. The van der Waals surface area contributed by atoms with E-state index in [0.717, 1.165) is 16.1 Å².